The first kappa shape index (κ1) is 25.6. The summed E-state index contributed by atoms with van der Waals surface area (Å²) in [5.41, 5.74) is 4.51. The Morgan fingerprint density at radius 2 is 0.868 bits per heavy atom. The molecule has 0 aromatic heterocycles. The molecule has 0 aliphatic carbocycles. The molecule has 0 saturated carbocycles. The lowest BCUT2D eigenvalue weighted by molar-refractivity contribution is 0.414. The summed E-state index contributed by atoms with van der Waals surface area (Å²) in [4.78, 5) is 0. The van der Waals surface area contributed by atoms with Crippen LogP contribution in [0.1, 0.15) is 11.1 Å². The highest BCUT2D eigenvalue weighted by Crippen LogP contribution is 2.32. The molecule has 0 unspecified atom stereocenters. The van der Waals surface area contributed by atoms with Crippen LogP contribution in [0.25, 0.3) is 11.1 Å². The molecule has 4 aromatic rings. The molecule has 0 saturated heterocycles. The zero-order valence-corrected chi connectivity index (χ0v) is 21.1. The quantitative estimate of drug-likeness (QED) is 0.189. The number of ether oxygens (including phenoxy) is 2. The standard InChI is InChI=1S/C32H26N4O2/c1-37-27-17-13-23(14-18-27)29(21-33)31(35-25-9-5-3-6-10-25)32(36-26-11-7-4-8-12-26)30(22-34)24-15-19-28(38-2)20-16-24/h3-20,35-36H,1-2H3/b31-29-,32-30-. The van der Waals surface area contributed by atoms with Crippen molar-refractivity contribution >= 4 is 22.5 Å². The van der Waals surface area contributed by atoms with Crippen LogP contribution in [-0.4, -0.2) is 14.2 Å². The zero-order chi connectivity index (χ0) is 26.7. The molecule has 0 aliphatic rings. The molecule has 0 aliphatic heterocycles. The third kappa shape index (κ3) is 6.02. The summed E-state index contributed by atoms with van der Waals surface area (Å²) < 4.78 is 10.6. The fraction of sp³-hybridized carbons (Fsp3) is 0.0625. The molecule has 38 heavy (non-hydrogen) atoms. The molecule has 6 nitrogen and oxygen atoms in total. The van der Waals surface area contributed by atoms with E-state index in [1.807, 2.05) is 84.9 Å². The predicted molar refractivity (Wildman–Crippen MR) is 151 cm³/mol. The van der Waals surface area contributed by atoms with E-state index in [9.17, 15) is 10.5 Å². The molecule has 0 fully saturated rings. The van der Waals surface area contributed by atoms with Crippen LogP contribution in [0, 0.1) is 22.7 Å². The maximum Gasteiger partial charge on any atom is 0.118 e. The maximum absolute atomic E-state index is 10.4. The number of benzene rings is 4. The summed E-state index contributed by atoms with van der Waals surface area (Å²) in [5.74, 6) is 1.36. The zero-order valence-electron chi connectivity index (χ0n) is 21.1. The molecule has 0 radical (unpaired) electrons. The first-order chi connectivity index (χ1) is 18.7. The van der Waals surface area contributed by atoms with Gasteiger partial charge in [0.25, 0.3) is 0 Å². The van der Waals surface area contributed by atoms with Gasteiger partial charge in [0.15, 0.2) is 0 Å². The second-order valence-corrected chi connectivity index (χ2v) is 8.16. The number of hydrogen-bond donors (Lipinski definition) is 2. The second-order valence-electron chi connectivity index (χ2n) is 8.16. The van der Waals surface area contributed by atoms with Gasteiger partial charge in [0.2, 0.25) is 0 Å². The molecule has 0 heterocycles. The van der Waals surface area contributed by atoms with Crippen molar-refractivity contribution in [2.24, 2.45) is 0 Å². The normalized spacial score (nSPS) is 11.7. The van der Waals surface area contributed by atoms with Crippen LogP contribution >= 0.6 is 0 Å². The van der Waals surface area contributed by atoms with Gasteiger partial charge in [-0.2, -0.15) is 10.5 Å². The van der Waals surface area contributed by atoms with Crippen LogP contribution in [0.4, 0.5) is 11.4 Å². The average Bonchev–Trinajstić information content (AvgIpc) is 2.98. The number of para-hydroxylation sites is 2. The van der Waals surface area contributed by atoms with E-state index in [0.717, 1.165) is 11.4 Å². The molecule has 186 valence electrons. The number of nitrogens with one attached hydrogen (secondary N) is 2. The third-order valence-corrected chi connectivity index (χ3v) is 5.82. The number of anilines is 2. The van der Waals surface area contributed by atoms with Crippen molar-refractivity contribution in [2.75, 3.05) is 24.9 Å². The highest BCUT2D eigenvalue weighted by atomic mass is 16.5. The van der Waals surface area contributed by atoms with Gasteiger partial charge in [0.1, 0.15) is 23.6 Å². The smallest absolute Gasteiger partial charge is 0.118 e. The van der Waals surface area contributed by atoms with E-state index in [0.29, 0.717) is 45.2 Å². The van der Waals surface area contributed by atoms with Gasteiger partial charge in [-0.05, 0) is 83.9 Å². The lowest BCUT2D eigenvalue weighted by Gasteiger charge is -2.21. The average molecular weight is 499 g/mol. The number of nitriles is 2. The van der Waals surface area contributed by atoms with E-state index in [1.54, 1.807) is 38.5 Å². The van der Waals surface area contributed by atoms with Gasteiger partial charge in [0.05, 0.1) is 36.8 Å². The van der Waals surface area contributed by atoms with Crippen LogP contribution in [-0.2, 0) is 0 Å². The van der Waals surface area contributed by atoms with E-state index in [2.05, 4.69) is 22.8 Å². The number of methoxy groups -OCH3 is 2. The minimum absolute atomic E-state index is 0.358. The van der Waals surface area contributed by atoms with E-state index < -0.39 is 0 Å². The first-order valence-corrected chi connectivity index (χ1v) is 11.9. The molecule has 2 N–H and O–H groups in total. The summed E-state index contributed by atoms with van der Waals surface area (Å²) in [6, 6.07) is 38.3. The molecule has 0 atom stereocenters. The van der Waals surface area contributed by atoms with E-state index >= 15 is 0 Å². The van der Waals surface area contributed by atoms with Crippen LogP contribution in [0.5, 0.6) is 11.5 Å². The van der Waals surface area contributed by atoms with Crippen molar-refractivity contribution in [2.45, 2.75) is 0 Å². The Balaban J connectivity index is 2.01. The summed E-state index contributed by atoms with van der Waals surface area (Å²) in [6.45, 7) is 0. The maximum atomic E-state index is 10.4. The molecule has 4 rings (SSSR count). The Hall–Kier alpha value is -5.46. The van der Waals surface area contributed by atoms with Crippen molar-refractivity contribution in [3.63, 3.8) is 0 Å². The molecule has 6 heteroatoms. The molecular formula is C32H26N4O2. The number of rotatable bonds is 9. The van der Waals surface area contributed by atoms with Crippen molar-refractivity contribution in [1.29, 1.82) is 10.5 Å². The van der Waals surface area contributed by atoms with E-state index in [1.165, 1.54) is 0 Å². The van der Waals surface area contributed by atoms with Crippen LogP contribution in [0.3, 0.4) is 0 Å². The fourth-order valence-electron chi connectivity index (χ4n) is 3.88. The van der Waals surface area contributed by atoms with Gasteiger partial charge in [-0.3, -0.25) is 0 Å². The predicted octanol–water partition coefficient (Wildman–Crippen LogP) is 7.10. The summed E-state index contributed by atoms with van der Waals surface area (Å²) in [7, 11) is 3.19. The highest BCUT2D eigenvalue weighted by Gasteiger charge is 2.21. The Bertz CT molecular complexity index is 1390. The largest absolute Gasteiger partial charge is 0.497 e. The molecular weight excluding hydrogens is 472 g/mol. The Labute approximate surface area is 222 Å². The van der Waals surface area contributed by atoms with E-state index in [4.69, 9.17) is 9.47 Å². The number of hydrogen-bond acceptors (Lipinski definition) is 6. The molecule has 0 spiro atoms. The van der Waals surface area contributed by atoms with Crippen molar-refractivity contribution in [3.05, 3.63) is 132 Å². The van der Waals surface area contributed by atoms with Gasteiger partial charge in [-0.1, -0.05) is 36.4 Å². The van der Waals surface area contributed by atoms with Gasteiger partial charge in [0, 0.05) is 11.4 Å². The van der Waals surface area contributed by atoms with Crippen molar-refractivity contribution in [3.8, 4) is 23.6 Å². The SMILES string of the molecule is COc1ccc(/C(C#N)=C(Nc2ccccc2)/C(Nc2ccccc2)=C(\C#N)c2ccc(OC)cc2)cc1. The Morgan fingerprint density at radius 1 is 0.526 bits per heavy atom. The molecule has 0 bridgehead atoms. The Kier molecular flexibility index (Phi) is 8.42. The van der Waals surface area contributed by atoms with Gasteiger partial charge in [-0.15, -0.1) is 0 Å². The van der Waals surface area contributed by atoms with Gasteiger partial charge in [-0.25, -0.2) is 0 Å². The van der Waals surface area contributed by atoms with Crippen LogP contribution < -0.4 is 20.1 Å². The van der Waals surface area contributed by atoms with Gasteiger partial charge >= 0.3 is 0 Å². The molecule has 0 amide bonds. The topological polar surface area (TPSA) is 90.1 Å². The minimum atomic E-state index is 0.358. The number of allylic oxidation sites excluding steroid dienone is 2. The fourth-order valence-corrected chi connectivity index (χ4v) is 3.88. The number of nitrogens with zero attached hydrogens (tertiary/aromatic N) is 2. The van der Waals surface area contributed by atoms with Crippen LogP contribution in [0.2, 0.25) is 0 Å². The summed E-state index contributed by atoms with van der Waals surface area (Å²) in [5, 5.41) is 27.7. The lowest BCUT2D eigenvalue weighted by atomic mass is 9.97. The minimum Gasteiger partial charge on any atom is -0.497 e. The Morgan fingerprint density at radius 3 is 1.16 bits per heavy atom. The second kappa shape index (κ2) is 12.5. The highest BCUT2D eigenvalue weighted by molar-refractivity contribution is 5.93. The molecule has 4 aromatic carbocycles. The summed E-state index contributed by atoms with van der Waals surface area (Å²) in [6.07, 6.45) is 0. The van der Waals surface area contributed by atoms with E-state index in [-0.39, 0.29) is 0 Å². The monoisotopic (exact) mass is 498 g/mol. The van der Waals surface area contributed by atoms with Gasteiger partial charge < -0.3 is 20.1 Å². The third-order valence-electron chi connectivity index (χ3n) is 5.82. The van der Waals surface area contributed by atoms with Crippen LogP contribution in [0.15, 0.2) is 121 Å². The first-order valence-electron chi connectivity index (χ1n) is 11.9. The lowest BCUT2D eigenvalue weighted by Crippen LogP contribution is -2.14. The van der Waals surface area contributed by atoms with Crippen molar-refractivity contribution < 1.29 is 9.47 Å². The summed E-state index contributed by atoms with van der Waals surface area (Å²) >= 11 is 0. The van der Waals surface area contributed by atoms with Crippen molar-refractivity contribution in [1.82, 2.24) is 0 Å².